The van der Waals surface area contributed by atoms with Crippen molar-refractivity contribution in [3.8, 4) is 11.5 Å². The molecule has 1 saturated carbocycles. The van der Waals surface area contributed by atoms with E-state index in [2.05, 4.69) is 52.5 Å². The van der Waals surface area contributed by atoms with E-state index in [1.165, 1.54) is 22.4 Å². The minimum atomic E-state index is -5.08. The first kappa shape index (κ1) is 31.8. The van der Waals surface area contributed by atoms with Crippen molar-refractivity contribution in [1.29, 1.82) is 0 Å². The number of hydrogen-bond donors (Lipinski definition) is 3. The number of nitrogens with one attached hydrogen (secondary N) is 2. The van der Waals surface area contributed by atoms with E-state index in [-0.39, 0.29) is 17.5 Å². The molecule has 40 heavy (non-hydrogen) atoms. The van der Waals surface area contributed by atoms with Gasteiger partial charge in [0, 0.05) is 27.3 Å². The normalized spacial score (nSPS) is 22.4. The fourth-order valence-corrected chi connectivity index (χ4v) is 6.31. The van der Waals surface area contributed by atoms with Crippen molar-refractivity contribution in [2.75, 3.05) is 34.1 Å². The highest BCUT2D eigenvalue weighted by molar-refractivity contribution is 7.98. The summed E-state index contributed by atoms with van der Waals surface area (Å²) >= 11 is 3.06. The summed E-state index contributed by atoms with van der Waals surface area (Å²) < 4.78 is 45.7. The molecule has 0 radical (unpaired) electrons. The third kappa shape index (κ3) is 7.70. The first-order chi connectivity index (χ1) is 18.9. The average molecular weight is 602 g/mol. The number of ether oxygens (including phenoxy) is 2. The van der Waals surface area contributed by atoms with Crippen LogP contribution in [0.5, 0.6) is 11.5 Å². The molecule has 0 bridgehead atoms. The molecular weight excluding hydrogens is 567 g/mol. The lowest BCUT2D eigenvalue weighted by Crippen LogP contribution is -2.52. The number of methoxy groups -OCH3 is 2. The molecule has 0 aromatic heterocycles. The summed E-state index contributed by atoms with van der Waals surface area (Å²) in [6.45, 7) is 1.06. The molecule has 4 rings (SSSR count). The van der Waals surface area contributed by atoms with Crippen LogP contribution in [0.15, 0.2) is 52.3 Å². The van der Waals surface area contributed by atoms with E-state index in [0.717, 1.165) is 48.6 Å². The van der Waals surface area contributed by atoms with Gasteiger partial charge in [0.1, 0.15) is 0 Å². The Morgan fingerprint density at radius 3 is 2.25 bits per heavy atom. The van der Waals surface area contributed by atoms with Crippen molar-refractivity contribution in [2.45, 2.75) is 59.1 Å². The van der Waals surface area contributed by atoms with E-state index in [9.17, 15) is 18.0 Å². The zero-order valence-electron chi connectivity index (χ0n) is 22.7. The van der Waals surface area contributed by atoms with Gasteiger partial charge in [-0.05, 0) is 99.4 Å². The molecule has 2 aliphatic rings. The molecule has 3 N–H and O–H groups in total. The molecule has 8 nitrogen and oxygen atoms in total. The molecule has 2 aromatic carbocycles. The van der Waals surface area contributed by atoms with Crippen molar-refractivity contribution in [1.82, 2.24) is 14.9 Å². The van der Waals surface area contributed by atoms with E-state index in [1.807, 2.05) is 18.2 Å². The zero-order valence-corrected chi connectivity index (χ0v) is 24.3. The highest BCUT2D eigenvalue weighted by Gasteiger charge is 2.50. The van der Waals surface area contributed by atoms with E-state index in [4.69, 9.17) is 19.4 Å². The standard InChI is InChI=1S/C25H33N3O3S2.C2HF3O2/c1-28-14-13-25(17-5-10-21(30-2)22(15-17)31-3)12-11-18(16-23(25)28)26-24(29)27-33-20-8-6-19(32-4)7-9-20;3-2(4,5)1(6)7/h5-10,15,18,23H,11-14,16H2,1-4H3,(H2,26,27,29);(H,6,7). The van der Waals surface area contributed by atoms with Gasteiger partial charge < -0.3 is 24.8 Å². The predicted molar refractivity (Wildman–Crippen MR) is 149 cm³/mol. The number of alkyl halides is 3. The van der Waals surface area contributed by atoms with Gasteiger partial charge in [-0.15, -0.1) is 11.8 Å². The van der Waals surface area contributed by atoms with E-state index < -0.39 is 12.1 Å². The fourth-order valence-electron chi connectivity index (χ4n) is 5.36. The van der Waals surface area contributed by atoms with E-state index >= 15 is 0 Å². The maximum Gasteiger partial charge on any atom is 0.490 e. The number of carboxylic acid groups (broad SMARTS) is 1. The van der Waals surface area contributed by atoms with Crippen LogP contribution in [0.4, 0.5) is 18.0 Å². The second kappa shape index (κ2) is 13.7. The van der Waals surface area contributed by atoms with Gasteiger partial charge in [0.25, 0.3) is 0 Å². The smallest absolute Gasteiger partial charge is 0.490 e. The van der Waals surface area contributed by atoms with Gasteiger partial charge in [0.15, 0.2) is 11.5 Å². The van der Waals surface area contributed by atoms with Crippen molar-refractivity contribution < 1.29 is 37.3 Å². The number of rotatable bonds is 7. The number of carbonyl (C=O) groups is 2. The Morgan fingerprint density at radius 1 is 1.05 bits per heavy atom. The number of aliphatic carboxylic acids is 1. The van der Waals surface area contributed by atoms with Crippen molar-refractivity contribution in [2.24, 2.45) is 0 Å². The second-order valence-electron chi connectivity index (χ2n) is 9.60. The predicted octanol–water partition coefficient (Wildman–Crippen LogP) is 5.56. The van der Waals surface area contributed by atoms with Gasteiger partial charge in [0.2, 0.25) is 0 Å². The quantitative estimate of drug-likeness (QED) is 0.280. The Bertz CT molecular complexity index is 1170. The Labute approximate surface area is 240 Å². The van der Waals surface area contributed by atoms with E-state index in [1.54, 1.807) is 26.0 Å². The average Bonchev–Trinajstić information content (AvgIpc) is 3.28. The molecule has 1 heterocycles. The molecular formula is C27H34F3N3O5S2. The fraction of sp³-hybridized carbons (Fsp3) is 0.481. The van der Waals surface area contributed by atoms with Crippen molar-refractivity contribution in [3.63, 3.8) is 0 Å². The largest absolute Gasteiger partial charge is 0.493 e. The molecule has 2 fully saturated rings. The van der Waals surface area contributed by atoms with Crippen LogP contribution in [0.3, 0.4) is 0 Å². The summed E-state index contributed by atoms with van der Waals surface area (Å²) in [7, 11) is 5.55. The number of urea groups is 1. The van der Waals surface area contributed by atoms with Gasteiger partial charge in [-0.1, -0.05) is 6.07 Å². The summed E-state index contributed by atoms with van der Waals surface area (Å²) in [5.41, 5.74) is 1.39. The zero-order chi connectivity index (χ0) is 29.5. The Kier molecular flexibility index (Phi) is 10.9. The summed E-state index contributed by atoms with van der Waals surface area (Å²) in [5.74, 6) is -1.22. The second-order valence-corrected chi connectivity index (χ2v) is 11.4. The number of carbonyl (C=O) groups excluding carboxylic acids is 1. The molecule has 3 atom stereocenters. The van der Waals surface area contributed by atoms with Gasteiger partial charge in [-0.3, -0.25) is 4.72 Å². The van der Waals surface area contributed by atoms with Crippen LogP contribution >= 0.6 is 23.7 Å². The van der Waals surface area contributed by atoms with E-state index in [0.29, 0.717) is 6.04 Å². The number of amides is 2. The lowest BCUT2D eigenvalue weighted by Gasteiger charge is -2.45. The third-order valence-electron chi connectivity index (χ3n) is 7.38. The van der Waals surface area contributed by atoms with Crippen LogP contribution in [0.1, 0.15) is 31.2 Å². The Morgan fingerprint density at radius 2 is 1.68 bits per heavy atom. The van der Waals surface area contributed by atoms with Crippen LogP contribution in [0, 0.1) is 0 Å². The van der Waals surface area contributed by atoms with Crippen LogP contribution in [0.25, 0.3) is 0 Å². The van der Waals surface area contributed by atoms with Gasteiger partial charge >= 0.3 is 18.2 Å². The summed E-state index contributed by atoms with van der Waals surface area (Å²) in [6.07, 6.45) is 1.01. The number of thioether (sulfide) groups is 1. The highest BCUT2D eigenvalue weighted by atomic mass is 32.2. The van der Waals surface area contributed by atoms with Crippen molar-refractivity contribution in [3.05, 3.63) is 48.0 Å². The van der Waals surface area contributed by atoms with Crippen LogP contribution in [-0.4, -0.2) is 74.3 Å². The number of likely N-dealkylation sites (N-methyl/N-ethyl adjacent to an activating group) is 1. The minimum absolute atomic E-state index is 0.0801. The summed E-state index contributed by atoms with van der Waals surface area (Å²) in [4.78, 5) is 26.2. The number of benzene rings is 2. The molecule has 1 aliphatic carbocycles. The number of fused-ring (bicyclic) bond motifs is 1. The molecule has 2 aromatic rings. The summed E-state index contributed by atoms with van der Waals surface area (Å²) in [6, 6.07) is 14.9. The monoisotopic (exact) mass is 601 g/mol. The van der Waals surface area contributed by atoms with Gasteiger partial charge in [-0.25, -0.2) is 9.59 Å². The lowest BCUT2D eigenvalue weighted by atomic mass is 9.65. The maximum absolute atomic E-state index is 12.6. The third-order valence-corrected chi connectivity index (χ3v) is 8.92. The summed E-state index contributed by atoms with van der Waals surface area (Å²) in [5, 5.41) is 10.3. The highest BCUT2D eigenvalue weighted by Crippen LogP contribution is 2.49. The molecule has 1 aliphatic heterocycles. The first-order valence-corrected chi connectivity index (χ1v) is 14.6. The minimum Gasteiger partial charge on any atom is -0.493 e. The molecule has 3 unspecified atom stereocenters. The number of nitrogens with zero attached hydrogens (tertiary/aromatic N) is 1. The number of hydrogen-bond acceptors (Lipinski definition) is 7. The molecule has 1 saturated heterocycles. The molecule has 2 amide bonds. The number of likely N-dealkylation sites (tertiary alicyclic amines) is 1. The SMILES string of the molecule is COc1ccc(C23CCC(NC(=O)NSc4ccc(SC)cc4)CC2N(C)CC3)cc1OC.O=C(O)C(F)(F)F. The van der Waals surface area contributed by atoms with Gasteiger partial charge in [-0.2, -0.15) is 13.2 Å². The van der Waals surface area contributed by atoms with Crippen LogP contribution in [0.2, 0.25) is 0 Å². The topological polar surface area (TPSA) is 100 Å². The Balaban J connectivity index is 0.000000559. The first-order valence-electron chi connectivity index (χ1n) is 12.5. The Hall–Kier alpha value is -2.77. The maximum atomic E-state index is 12.6. The molecule has 0 spiro atoms. The van der Waals surface area contributed by atoms with Crippen molar-refractivity contribution >= 4 is 35.7 Å². The number of halogens is 3. The number of carboxylic acids is 1. The lowest BCUT2D eigenvalue weighted by molar-refractivity contribution is -0.192. The molecule has 220 valence electrons. The van der Waals surface area contributed by atoms with Gasteiger partial charge in [0.05, 0.1) is 14.2 Å². The van der Waals surface area contributed by atoms with Crippen LogP contribution in [-0.2, 0) is 10.2 Å². The van der Waals surface area contributed by atoms with Crippen LogP contribution < -0.4 is 19.5 Å². The molecule has 13 heteroatoms.